The number of rotatable bonds is 2. The molecule has 1 aromatic rings. The molecule has 1 amide bonds. The summed E-state index contributed by atoms with van der Waals surface area (Å²) in [4.78, 5) is 11.7. The van der Waals surface area contributed by atoms with Crippen LogP contribution in [0.3, 0.4) is 0 Å². The Kier molecular flexibility index (Phi) is 4.35. The van der Waals surface area contributed by atoms with Gasteiger partial charge in [0.15, 0.2) is 0 Å². The second-order valence-corrected chi connectivity index (χ2v) is 5.49. The second kappa shape index (κ2) is 5.40. The van der Waals surface area contributed by atoms with E-state index in [1.807, 2.05) is 52.8 Å². The van der Waals surface area contributed by atoms with Crippen molar-refractivity contribution in [2.24, 2.45) is 5.73 Å². The Labute approximate surface area is 109 Å². The van der Waals surface area contributed by atoms with Crippen LogP contribution in [0, 0.1) is 6.92 Å². The van der Waals surface area contributed by atoms with E-state index in [2.05, 4.69) is 5.32 Å². The van der Waals surface area contributed by atoms with Crippen molar-refractivity contribution in [2.75, 3.05) is 5.32 Å². The first-order chi connectivity index (χ1) is 8.19. The predicted octanol–water partition coefficient (Wildman–Crippen LogP) is 3.36. The van der Waals surface area contributed by atoms with Crippen LogP contribution in [0.1, 0.15) is 44.9 Å². The lowest BCUT2D eigenvalue weighted by molar-refractivity contribution is 0.0636. The molecular weight excluding hydrogens is 228 g/mol. The van der Waals surface area contributed by atoms with Crippen LogP contribution < -0.4 is 11.1 Å². The van der Waals surface area contributed by atoms with E-state index in [0.717, 1.165) is 16.8 Å². The van der Waals surface area contributed by atoms with Crippen LogP contribution in [-0.4, -0.2) is 11.7 Å². The van der Waals surface area contributed by atoms with Gasteiger partial charge in [-0.05, 0) is 51.8 Å². The van der Waals surface area contributed by atoms with Gasteiger partial charge < -0.3 is 10.5 Å². The number of nitrogens with one attached hydrogen (secondary N) is 1. The number of hydrogen-bond donors (Lipinski definition) is 2. The molecule has 0 aliphatic heterocycles. The number of carbonyl (C=O) groups excluding carboxylic acids is 1. The zero-order valence-electron chi connectivity index (χ0n) is 11.7. The van der Waals surface area contributed by atoms with Crippen LogP contribution in [-0.2, 0) is 4.74 Å². The molecule has 0 unspecified atom stereocenters. The Hall–Kier alpha value is -1.55. The minimum Gasteiger partial charge on any atom is -0.444 e. The van der Waals surface area contributed by atoms with Crippen molar-refractivity contribution in [1.82, 2.24) is 0 Å². The van der Waals surface area contributed by atoms with Crippen LogP contribution in [0.5, 0.6) is 0 Å². The molecule has 100 valence electrons. The van der Waals surface area contributed by atoms with Crippen LogP contribution in [0.2, 0.25) is 0 Å². The monoisotopic (exact) mass is 250 g/mol. The van der Waals surface area contributed by atoms with E-state index in [-0.39, 0.29) is 6.04 Å². The lowest BCUT2D eigenvalue weighted by atomic mass is 10.1. The van der Waals surface area contributed by atoms with Crippen molar-refractivity contribution in [3.63, 3.8) is 0 Å². The maximum atomic E-state index is 11.7. The molecule has 0 heterocycles. The van der Waals surface area contributed by atoms with Gasteiger partial charge >= 0.3 is 6.09 Å². The van der Waals surface area contributed by atoms with Gasteiger partial charge in [-0.25, -0.2) is 4.79 Å². The number of ether oxygens (including phenoxy) is 1. The van der Waals surface area contributed by atoms with Crippen molar-refractivity contribution in [2.45, 2.75) is 46.3 Å². The molecule has 1 rings (SSSR count). The summed E-state index contributed by atoms with van der Waals surface area (Å²) in [5, 5.41) is 2.75. The molecular formula is C14H22N2O2. The van der Waals surface area contributed by atoms with Gasteiger partial charge in [0.25, 0.3) is 0 Å². The highest BCUT2D eigenvalue weighted by atomic mass is 16.6. The average molecular weight is 250 g/mol. The number of carbonyl (C=O) groups is 1. The van der Waals surface area contributed by atoms with Crippen LogP contribution in [0.15, 0.2) is 18.2 Å². The van der Waals surface area contributed by atoms with E-state index >= 15 is 0 Å². The number of anilines is 1. The van der Waals surface area contributed by atoms with Gasteiger partial charge in [-0.1, -0.05) is 12.1 Å². The number of benzene rings is 1. The summed E-state index contributed by atoms with van der Waals surface area (Å²) < 4.78 is 5.22. The third-order valence-electron chi connectivity index (χ3n) is 2.42. The highest BCUT2D eigenvalue weighted by Gasteiger charge is 2.17. The van der Waals surface area contributed by atoms with Gasteiger partial charge in [-0.2, -0.15) is 0 Å². The molecule has 4 heteroatoms. The molecule has 0 aromatic heterocycles. The normalized spacial score (nSPS) is 13.0. The van der Waals surface area contributed by atoms with Crippen molar-refractivity contribution in [3.05, 3.63) is 29.3 Å². The summed E-state index contributed by atoms with van der Waals surface area (Å²) >= 11 is 0. The number of nitrogens with two attached hydrogens (primary N) is 1. The first-order valence-corrected chi connectivity index (χ1v) is 6.05. The molecule has 3 N–H and O–H groups in total. The Balaban J connectivity index is 2.84. The number of hydrogen-bond acceptors (Lipinski definition) is 3. The molecule has 0 bridgehead atoms. The Bertz CT molecular complexity index is 434. The maximum Gasteiger partial charge on any atom is 0.412 e. The molecule has 0 fully saturated rings. The summed E-state index contributed by atoms with van der Waals surface area (Å²) in [7, 11) is 0. The standard InChI is InChI=1S/C14H22N2O2/c1-9-6-7-11(10(2)15)8-12(9)16-13(17)18-14(3,4)5/h6-8,10H,15H2,1-5H3,(H,16,17)/t10-/m0/s1. The smallest absolute Gasteiger partial charge is 0.412 e. The summed E-state index contributed by atoms with van der Waals surface area (Å²) in [6.45, 7) is 9.33. The van der Waals surface area contributed by atoms with Gasteiger partial charge in [-0.15, -0.1) is 0 Å². The van der Waals surface area contributed by atoms with Gasteiger partial charge in [0, 0.05) is 11.7 Å². The Morgan fingerprint density at radius 2 is 2.00 bits per heavy atom. The molecule has 18 heavy (non-hydrogen) atoms. The summed E-state index contributed by atoms with van der Waals surface area (Å²) in [6, 6.07) is 5.71. The zero-order chi connectivity index (χ0) is 13.9. The molecule has 1 aromatic carbocycles. The fraction of sp³-hybridized carbons (Fsp3) is 0.500. The summed E-state index contributed by atoms with van der Waals surface area (Å²) in [6.07, 6.45) is -0.451. The van der Waals surface area contributed by atoms with Gasteiger partial charge in [0.2, 0.25) is 0 Å². The Morgan fingerprint density at radius 1 is 1.39 bits per heavy atom. The lowest BCUT2D eigenvalue weighted by Gasteiger charge is -2.20. The lowest BCUT2D eigenvalue weighted by Crippen LogP contribution is -2.27. The zero-order valence-corrected chi connectivity index (χ0v) is 11.7. The summed E-state index contributed by atoms with van der Waals surface area (Å²) in [5.41, 5.74) is 8.01. The van der Waals surface area contributed by atoms with E-state index < -0.39 is 11.7 Å². The fourth-order valence-corrected chi connectivity index (χ4v) is 1.47. The van der Waals surface area contributed by atoms with Crippen LogP contribution in [0.25, 0.3) is 0 Å². The molecule has 0 spiro atoms. The van der Waals surface area contributed by atoms with Crippen molar-refractivity contribution in [3.8, 4) is 0 Å². The highest BCUT2D eigenvalue weighted by molar-refractivity contribution is 5.86. The van der Waals surface area contributed by atoms with E-state index in [1.54, 1.807) is 0 Å². The fourth-order valence-electron chi connectivity index (χ4n) is 1.47. The minimum absolute atomic E-state index is 0.0650. The van der Waals surface area contributed by atoms with Crippen molar-refractivity contribution in [1.29, 1.82) is 0 Å². The first-order valence-electron chi connectivity index (χ1n) is 6.05. The highest BCUT2D eigenvalue weighted by Crippen LogP contribution is 2.21. The topological polar surface area (TPSA) is 64.3 Å². The van der Waals surface area contributed by atoms with Crippen LogP contribution >= 0.6 is 0 Å². The Morgan fingerprint density at radius 3 is 2.50 bits per heavy atom. The molecule has 0 saturated heterocycles. The molecule has 0 aliphatic rings. The van der Waals surface area contributed by atoms with Crippen LogP contribution in [0.4, 0.5) is 10.5 Å². The SMILES string of the molecule is Cc1ccc([C@H](C)N)cc1NC(=O)OC(C)(C)C. The maximum absolute atomic E-state index is 11.7. The quantitative estimate of drug-likeness (QED) is 0.845. The second-order valence-electron chi connectivity index (χ2n) is 5.49. The van der Waals surface area contributed by atoms with Gasteiger partial charge in [0.05, 0.1) is 0 Å². The van der Waals surface area contributed by atoms with E-state index in [9.17, 15) is 4.79 Å². The van der Waals surface area contributed by atoms with Gasteiger partial charge in [-0.3, -0.25) is 5.32 Å². The minimum atomic E-state index is -0.503. The third kappa shape index (κ3) is 4.37. The largest absolute Gasteiger partial charge is 0.444 e. The predicted molar refractivity (Wildman–Crippen MR) is 73.6 cm³/mol. The van der Waals surface area contributed by atoms with E-state index in [0.29, 0.717) is 0 Å². The average Bonchev–Trinajstić information content (AvgIpc) is 2.18. The molecule has 0 radical (unpaired) electrons. The third-order valence-corrected chi connectivity index (χ3v) is 2.42. The number of amides is 1. The number of aryl methyl sites for hydroxylation is 1. The van der Waals surface area contributed by atoms with Crippen molar-refractivity contribution >= 4 is 11.8 Å². The first kappa shape index (κ1) is 14.5. The van der Waals surface area contributed by atoms with Gasteiger partial charge in [0.1, 0.15) is 5.60 Å². The van der Waals surface area contributed by atoms with Crippen molar-refractivity contribution < 1.29 is 9.53 Å². The molecule has 0 saturated carbocycles. The van der Waals surface area contributed by atoms with E-state index in [1.165, 1.54) is 0 Å². The summed E-state index contributed by atoms with van der Waals surface area (Å²) in [5.74, 6) is 0. The molecule has 0 aliphatic carbocycles. The molecule has 4 nitrogen and oxygen atoms in total. The van der Waals surface area contributed by atoms with E-state index in [4.69, 9.17) is 10.5 Å². The molecule has 1 atom stereocenters.